The van der Waals surface area contributed by atoms with Crippen LogP contribution in [0.25, 0.3) is 33.4 Å². The first-order chi connectivity index (χ1) is 14.2. The number of nitrogens with zero attached hydrogens (tertiary/aromatic N) is 3. The number of aromatic nitrogens is 3. The van der Waals surface area contributed by atoms with Gasteiger partial charge in [0.25, 0.3) is 0 Å². The van der Waals surface area contributed by atoms with Crippen LogP contribution in [0.2, 0.25) is 5.02 Å². The van der Waals surface area contributed by atoms with Gasteiger partial charge in [0.1, 0.15) is 17.1 Å². The van der Waals surface area contributed by atoms with Crippen LogP contribution in [-0.4, -0.2) is 21.9 Å². The fourth-order valence-corrected chi connectivity index (χ4v) is 3.84. The molecule has 0 unspecified atom stereocenters. The van der Waals surface area contributed by atoms with Crippen molar-refractivity contribution in [2.24, 2.45) is 0 Å². The normalized spacial score (nSPS) is 11.2. The van der Waals surface area contributed by atoms with E-state index in [9.17, 15) is 0 Å². The van der Waals surface area contributed by atoms with Crippen LogP contribution in [0.3, 0.4) is 0 Å². The third-order valence-corrected chi connectivity index (χ3v) is 5.37. The van der Waals surface area contributed by atoms with Gasteiger partial charge in [-0.25, -0.2) is 0 Å². The topological polar surface area (TPSA) is 39.9 Å². The molecule has 2 aliphatic rings. The first kappa shape index (κ1) is 17.7. The van der Waals surface area contributed by atoms with E-state index in [4.69, 9.17) is 16.3 Å². The van der Waals surface area contributed by atoms with Crippen molar-refractivity contribution in [1.82, 2.24) is 14.8 Å². The fourth-order valence-electron chi connectivity index (χ4n) is 3.71. The summed E-state index contributed by atoms with van der Waals surface area (Å²) in [6, 6.07) is 24.2. The predicted octanol–water partition coefficient (Wildman–Crippen LogP) is 5.91. The van der Waals surface area contributed by atoms with Crippen LogP contribution < -0.4 is 4.74 Å². The van der Waals surface area contributed by atoms with Crippen molar-refractivity contribution in [3.05, 3.63) is 89.6 Å². The van der Waals surface area contributed by atoms with Gasteiger partial charge in [-0.2, -0.15) is 0 Å². The largest absolute Gasteiger partial charge is 0.497 e. The molecule has 142 valence electrons. The predicted molar refractivity (Wildman–Crippen MR) is 117 cm³/mol. The van der Waals surface area contributed by atoms with Crippen molar-refractivity contribution < 1.29 is 4.74 Å². The van der Waals surface area contributed by atoms with Crippen LogP contribution >= 0.6 is 11.6 Å². The summed E-state index contributed by atoms with van der Waals surface area (Å²) >= 11 is 6.06. The third kappa shape index (κ3) is 3.22. The Morgan fingerprint density at radius 3 is 2.52 bits per heavy atom. The van der Waals surface area contributed by atoms with Crippen LogP contribution in [0.1, 0.15) is 5.56 Å². The minimum absolute atomic E-state index is 0.705. The van der Waals surface area contributed by atoms with Gasteiger partial charge in [-0.1, -0.05) is 54.1 Å². The van der Waals surface area contributed by atoms with Crippen LogP contribution in [0.15, 0.2) is 79.0 Å². The molecule has 0 saturated carbocycles. The Labute approximate surface area is 173 Å². The van der Waals surface area contributed by atoms with Gasteiger partial charge in [0, 0.05) is 34.3 Å². The average molecular weight is 400 g/mol. The molecule has 0 amide bonds. The molecule has 3 aromatic rings. The highest BCUT2D eigenvalue weighted by molar-refractivity contribution is 6.30. The standard InChI is InChI=1S/C24H18ClN3O/c1-29-19-6-4-5-16(13-19)14-28-15-21-23(17-9-11-18(25)12-10-17)26-27-24(21)20-7-2-3-8-22(20)28/h2-13,15H,14H2,1H3. The number of hydrogen-bond donors (Lipinski definition) is 0. The van der Waals surface area contributed by atoms with Gasteiger partial charge < -0.3 is 9.30 Å². The summed E-state index contributed by atoms with van der Waals surface area (Å²) in [4.78, 5) is 0. The van der Waals surface area contributed by atoms with E-state index in [0.717, 1.165) is 45.7 Å². The molecule has 0 spiro atoms. The molecule has 3 aromatic carbocycles. The van der Waals surface area contributed by atoms with Crippen molar-refractivity contribution in [3.8, 4) is 28.3 Å². The number of pyridine rings is 1. The van der Waals surface area contributed by atoms with Gasteiger partial charge in [-0.15, -0.1) is 10.2 Å². The SMILES string of the molecule is COc1cccc(Cn2cc3c(-c4ccc(Cl)cc4)nnc-3c3ccccc32)c1. The Hall–Kier alpha value is -3.37. The molecule has 0 fully saturated rings. The molecule has 0 aromatic heterocycles. The molecule has 4 nitrogen and oxygen atoms in total. The van der Waals surface area contributed by atoms with E-state index in [1.807, 2.05) is 48.5 Å². The van der Waals surface area contributed by atoms with Gasteiger partial charge in [0.05, 0.1) is 12.6 Å². The number of hydrogen-bond acceptors (Lipinski definition) is 3. The van der Waals surface area contributed by atoms with Crippen LogP contribution in [0.5, 0.6) is 5.75 Å². The quantitative estimate of drug-likeness (QED) is 0.377. The Morgan fingerprint density at radius 2 is 1.69 bits per heavy atom. The molecular formula is C24H18ClN3O. The summed E-state index contributed by atoms with van der Waals surface area (Å²) < 4.78 is 7.63. The smallest absolute Gasteiger partial charge is 0.119 e. The number of fused-ring (bicyclic) bond motifs is 3. The van der Waals surface area contributed by atoms with Crippen molar-refractivity contribution in [3.63, 3.8) is 0 Å². The number of para-hydroxylation sites is 1. The molecule has 0 saturated heterocycles. The molecular weight excluding hydrogens is 382 g/mol. The highest BCUT2D eigenvalue weighted by atomic mass is 35.5. The summed E-state index contributed by atoms with van der Waals surface area (Å²) in [7, 11) is 1.69. The highest BCUT2D eigenvalue weighted by Gasteiger charge is 2.20. The van der Waals surface area contributed by atoms with Crippen molar-refractivity contribution in [2.45, 2.75) is 6.54 Å². The van der Waals surface area contributed by atoms with Crippen LogP contribution in [0, 0.1) is 0 Å². The zero-order chi connectivity index (χ0) is 19.8. The van der Waals surface area contributed by atoms with Gasteiger partial charge in [-0.05, 0) is 35.9 Å². The lowest BCUT2D eigenvalue weighted by Gasteiger charge is -2.15. The van der Waals surface area contributed by atoms with E-state index in [0.29, 0.717) is 5.02 Å². The summed E-state index contributed by atoms with van der Waals surface area (Å²) in [5.74, 6) is 0.854. The number of benzene rings is 3. The summed E-state index contributed by atoms with van der Waals surface area (Å²) in [6.07, 6.45) is 2.14. The maximum absolute atomic E-state index is 6.06. The van der Waals surface area contributed by atoms with Gasteiger partial charge >= 0.3 is 0 Å². The summed E-state index contributed by atoms with van der Waals surface area (Å²) in [5.41, 5.74) is 6.08. The lowest BCUT2D eigenvalue weighted by molar-refractivity contribution is 0.414. The Bertz CT molecular complexity index is 1280. The van der Waals surface area contributed by atoms with E-state index in [1.165, 1.54) is 5.56 Å². The molecule has 2 aliphatic heterocycles. The molecule has 5 heteroatoms. The van der Waals surface area contributed by atoms with Gasteiger partial charge in [0.2, 0.25) is 0 Å². The zero-order valence-corrected chi connectivity index (χ0v) is 16.6. The van der Waals surface area contributed by atoms with Gasteiger partial charge in [0.15, 0.2) is 0 Å². The molecule has 0 radical (unpaired) electrons. The maximum Gasteiger partial charge on any atom is 0.119 e. The minimum atomic E-state index is 0.705. The molecule has 5 rings (SSSR count). The maximum atomic E-state index is 6.06. The monoisotopic (exact) mass is 399 g/mol. The minimum Gasteiger partial charge on any atom is -0.497 e. The van der Waals surface area contributed by atoms with E-state index >= 15 is 0 Å². The number of rotatable bonds is 4. The van der Waals surface area contributed by atoms with E-state index < -0.39 is 0 Å². The lowest BCUT2D eigenvalue weighted by Crippen LogP contribution is -2.04. The number of methoxy groups -OCH3 is 1. The third-order valence-electron chi connectivity index (χ3n) is 5.12. The second kappa shape index (κ2) is 7.22. The lowest BCUT2D eigenvalue weighted by atomic mass is 10.0. The van der Waals surface area contributed by atoms with Crippen molar-refractivity contribution in [1.29, 1.82) is 0 Å². The second-order valence-electron chi connectivity index (χ2n) is 6.94. The average Bonchev–Trinajstić information content (AvgIpc) is 3.19. The van der Waals surface area contributed by atoms with E-state index in [2.05, 4.69) is 45.2 Å². The first-order valence-corrected chi connectivity index (χ1v) is 9.74. The van der Waals surface area contributed by atoms with E-state index in [-0.39, 0.29) is 0 Å². The Balaban J connectivity index is 1.69. The zero-order valence-electron chi connectivity index (χ0n) is 15.8. The number of halogens is 1. The first-order valence-electron chi connectivity index (χ1n) is 9.36. The highest BCUT2D eigenvalue weighted by Crippen LogP contribution is 2.36. The molecule has 29 heavy (non-hydrogen) atoms. The van der Waals surface area contributed by atoms with E-state index in [1.54, 1.807) is 7.11 Å². The Morgan fingerprint density at radius 1 is 0.897 bits per heavy atom. The van der Waals surface area contributed by atoms with Gasteiger partial charge in [-0.3, -0.25) is 0 Å². The Kier molecular flexibility index (Phi) is 4.41. The molecule has 0 aliphatic carbocycles. The molecule has 0 atom stereocenters. The number of ether oxygens (including phenoxy) is 1. The van der Waals surface area contributed by atoms with Crippen LogP contribution in [-0.2, 0) is 6.54 Å². The molecule has 0 bridgehead atoms. The van der Waals surface area contributed by atoms with Crippen molar-refractivity contribution >= 4 is 22.5 Å². The summed E-state index contributed by atoms with van der Waals surface area (Å²) in [5, 5.41) is 10.8. The summed E-state index contributed by atoms with van der Waals surface area (Å²) in [6.45, 7) is 0.721. The molecule has 0 N–H and O–H groups in total. The fraction of sp³-hybridized carbons (Fsp3) is 0.0833. The second-order valence-corrected chi connectivity index (χ2v) is 7.38. The van der Waals surface area contributed by atoms with Crippen molar-refractivity contribution in [2.75, 3.05) is 7.11 Å². The van der Waals surface area contributed by atoms with Crippen LogP contribution in [0.4, 0.5) is 0 Å². The molecule has 2 heterocycles.